The fourth-order valence-electron chi connectivity index (χ4n) is 5.93. The van der Waals surface area contributed by atoms with Crippen molar-refractivity contribution in [3.63, 3.8) is 0 Å². The van der Waals surface area contributed by atoms with Gasteiger partial charge in [0.25, 0.3) is 16.0 Å². The van der Waals surface area contributed by atoms with E-state index < -0.39 is 26.7 Å². The van der Waals surface area contributed by atoms with Crippen LogP contribution in [0.2, 0.25) is 0 Å². The van der Waals surface area contributed by atoms with Gasteiger partial charge < -0.3 is 20.1 Å². The molecule has 216 valence electrons. The van der Waals surface area contributed by atoms with Crippen LogP contribution >= 0.6 is 0 Å². The number of aromatic amines is 1. The first-order valence-corrected chi connectivity index (χ1v) is 15.1. The molecule has 0 aliphatic heterocycles. The van der Waals surface area contributed by atoms with Crippen LogP contribution < -0.4 is 5.32 Å². The lowest BCUT2D eigenvalue weighted by atomic mass is 9.84. The predicted octanol–water partition coefficient (Wildman–Crippen LogP) is 6.78. The Morgan fingerprint density at radius 2 is 1.79 bits per heavy atom. The van der Waals surface area contributed by atoms with Crippen molar-refractivity contribution in [1.29, 1.82) is 0 Å². The fourth-order valence-corrected chi connectivity index (χ4v) is 6.56. The van der Waals surface area contributed by atoms with E-state index in [1.807, 2.05) is 36.4 Å². The number of hydrogen-bond donors (Lipinski definition) is 4. The summed E-state index contributed by atoms with van der Waals surface area (Å²) >= 11 is 0. The summed E-state index contributed by atoms with van der Waals surface area (Å²) in [7, 11) is -2.89. The molecular weight excluding hydrogens is 556 g/mol. The molecule has 0 bridgehead atoms. The molecule has 0 radical (unpaired) electrons. The van der Waals surface area contributed by atoms with E-state index in [0.29, 0.717) is 16.3 Å². The summed E-state index contributed by atoms with van der Waals surface area (Å²) in [6.45, 7) is 2.06. The second-order valence-corrected chi connectivity index (χ2v) is 12.1. The van der Waals surface area contributed by atoms with Crippen LogP contribution in [0.4, 0.5) is 11.4 Å². The lowest BCUT2D eigenvalue weighted by Gasteiger charge is -2.34. The third-order valence-corrected chi connectivity index (χ3v) is 9.05. The first-order chi connectivity index (χ1) is 20.2. The highest BCUT2D eigenvalue weighted by Gasteiger charge is 2.30. The van der Waals surface area contributed by atoms with Gasteiger partial charge in [-0.15, -0.1) is 10.2 Å². The molecule has 1 aromatic heterocycles. The van der Waals surface area contributed by atoms with Crippen molar-refractivity contribution < 1.29 is 27.6 Å². The smallest absolute Gasteiger partial charge is 0.296 e. The lowest BCUT2D eigenvalue weighted by Crippen LogP contribution is -2.44. The number of amides is 1. The molecule has 1 amide bonds. The van der Waals surface area contributed by atoms with Crippen LogP contribution in [0.1, 0.15) is 36.5 Å². The van der Waals surface area contributed by atoms with Crippen LogP contribution in [0, 0.1) is 5.92 Å². The van der Waals surface area contributed by atoms with Gasteiger partial charge in [0.05, 0.1) is 17.2 Å². The number of methoxy groups -OCH3 is 1. The normalized spacial score (nSPS) is 19.6. The molecule has 1 aliphatic carbocycles. The SMILES string of the molecule is COC1CC[C@H](NC(=O)c2cc3ccc4c5ccccc5[nH]c4c3c(N=Nc3ccccc3S(=O)(=O)O)c2O)C(C)C1. The summed E-state index contributed by atoms with van der Waals surface area (Å²) in [5, 5.41) is 26.1. The minimum atomic E-state index is -4.59. The summed E-state index contributed by atoms with van der Waals surface area (Å²) in [5.41, 5.74) is 1.46. The zero-order chi connectivity index (χ0) is 29.6. The Kier molecular flexibility index (Phi) is 7.17. The third-order valence-electron chi connectivity index (χ3n) is 8.15. The Morgan fingerprint density at radius 3 is 2.55 bits per heavy atom. The van der Waals surface area contributed by atoms with Gasteiger partial charge in [-0.1, -0.05) is 49.4 Å². The number of H-pyrrole nitrogens is 1. The van der Waals surface area contributed by atoms with E-state index in [0.717, 1.165) is 35.6 Å². The summed E-state index contributed by atoms with van der Waals surface area (Å²) in [6, 6.07) is 18.7. The minimum absolute atomic E-state index is 0.00362. The molecule has 3 atom stereocenters. The maximum Gasteiger partial charge on any atom is 0.296 e. The van der Waals surface area contributed by atoms with E-state index in [-0.39, 0.29) is 35.0 Å². The second kappa shape index (κ2) is 10.8. The fraction of sp³-hybridized carbons (Fsp3) is 0.258. The first kappa shape index (κ1) is 27.8. The molecule has 5 aromatic rings. The van der Waals surface area contributed by atoms with Gasteiger partial charge in [-0.2, -0.15) is 8.42 Å². The summed E-state index contributed by atoms with van der Waals surface area (Å²) in [5.74, 6) is -0.663. The third kappa shape index (κ3) is 5.00. The molecule has 1 aliphatic rings. The number of aromatic hydroxyl groups is 1. The van der Waals surface area contributed by atoms with Crippen LogP contribution in [0.5, 0.6) is 5.75 Å². The quantitative estimate of drug-likeness (QED) is 0.127. The maximum absolute atomic E-state index is 13.6. The van der Waals surface area contributed by atoms with Gasteiger partial charge in [0.2, 0.25) is 0 Å². The molecule has 0 spiro atoms. The number of phenolic OH excluding ortho intramolecular Hbond substituents is 1. The minimum Gasteiger partial charge on any atom is -0.505 e. The van der Waals surface area contributed by atoms with Crippen LogP contribution in [-0.4, -0.2) is 48.2 Å². The predicted molar refractivity (Wildman–Crippen MR) is 160 cm³/mol. The molecule has 10 nitrogen and oxygen atoms in total. The molecule has 1 saturated carbocycles. The number of ether oxygens (including phenoxy) is 1. The van der Waals surface area contributed by atoms with E-state index in [1.54, 1.807) is 19.2 Å². The van der Waals surface area contributed by atoms with Crippen LogP contribution in [0.25, 0.3) is 32.6 Å². The van der Waals surface area contributed by atoms with E-state index >= 15 is 0 Å². The molecule has 1 fully saturated rings. The van der Waals surface area contributed by atoms with Crippen molar-refractivity contribution in [3.8, 4) is 5.75 Å². The lowest BCUT2D eigenvalue weighted by molar-refractivity contribution is 0.0405. The van der Waals surface area contributed by atoms with E-state index in [2.05, 4.69) is 27.5 Å². The number of carbonyl (C=O) groups excluding carboxylic acids is 1. The number of phenols is 1. The van der Waals surface area contributed by atoms with Gasteiger partial charge in [-0.3, -0.25) is 9.35 Å². The molecule has 1 heterocycles. The number of hydrogen-bond acceptors (Lipinski definition) is 7. The highest BCUT2D eigenvalue weighted by molar-refractivity contribution is 7.86. The molecule has 4 aromatic carbocycles. The number of fused-ring (bicyclic) bond motifs is 5. The zero-order valence-electron chi connectivity index (χ0n) is 23.0. The zero-order valence-corrected chi connectivity index (χ0v) is 23.9. The molecular formula is C31H30N4O6S. The van der Waals surface area contributed by atoms with Crippen molar-refractivity contribution in [3.05, 3.63) is 72.3 Å². The number of rotatable bonds is 6. The van der Waals surface area contributed by atoms with Gasteiger partial charge in [-0.05, 0) is 54.8 Å². The number of nitrogens with zero attached hydrogens (tertiary/aromatic N) is 2. The second-order valence-electron chi connectivity index (χ2n) is 10.7. The molecule has 42 heavy (non-hydrogen) atoms. The van der Waals surface area contributed by atoms with Gasteiger partial charge >= 0.3 is 0 Å². The van der Waals surface area contributed by atoms with Gasteiger partial charge in [-0.25, -0.2) is 0 Å². The number of para-hydroxylation sites is 1. The van der Waals surface area contributed by atoms with E-state index in [9.17, 15) is 22.9 Å². The summed E-state index contributed by atoms with van der Waals surface area (Å²) in [4.78, 5) is 16.6. The van der Waals surface area contributed by atoms with Gasteiger partial charge in [0, 0.05) is 34.8 Å². The molecule has 6 rings (SSSR count). The number of benzene rings is 4. The molecule has 11 heteroatoms. The number of carbonyl (C=O) groups is 1. The van der Waals surface area contributed by atoms with Crippen molar-refractivity contribution in [2.45, 2.75) is 43.2 Å². The monoisotopic (exact) mass is 586 g/mol. The average molecular weight is 587 g/mol. The van der Waals surface area contributed by atoms with E-state index in [1.165, 1.54) is 18.2 Å². The number of aromatic nitrogens is 1. The Morgan fingerprint density at radius 1 is 1.02 bits per heavy atom. The Hall–Kier alpha value is -4.32. The van der Waals surface area contributed by atoms with Gasteiger partial charge in [0.15, 0.2) is 5.75 Å². The Bertz CT molecular complexity index is 1980. The highest BCUT2D eigenvalue weighted by atomic mass is 32.2. The average Bonchev–Trinajstić information content (AvgIpc) is 3.36. The molecule has 2 unspecified atom stereocenters. The van der Waals surface area contributed by atoms with Crippen molar-refractivity contribution >= 4 is 60.0 Å². The summed E-state index contributed by atoms with van der Waals surface area (Å²) < 4.78 is 39.1. The van der Waals surface area contributed by atoms with E-state index in [4.69, 9.17) is 4.74 Å². The largest absolute Gasteiger partial charge is 0.505 e. The summed E-state index contributed by atoms with van der Waals surface area (Å²) in [6.07, 6.45) is 2.53. The highest BCUT2D eigenvalue weighted by Crippen LogP contribution is 2.44. The number of nitrogens with one attached hydrogen (secondary N) is 2. The standard InChI is InChI=1S/C31H30N4O6S/c1-17-15-19(41-2)12-14-23(17)33-31(37)22-16-18-11-13-21-20-7-3-4-8-24(20)32-28(21)27(18)29(30(22)36)35-34-25-9-5-6-10-26(25)42(38,39)40/h3-11,13,16-17,19,23,32,36H,12,14-15H2,1-2H3,(H,33,37)(H,38,39,40)/t17?,19?,23-/m0/s1. The number of azo groups is 1. The Labute approximate surface area is 242 Å². The molecule has 0 saturated heterocycles. The first-order valence-electron chi connectivity index (χ1n) is 13.7. The van der Waals surface area contributed by atoms with Crippen LogP contribution in [0.15, 0.2) is 81.9 Å². The molecule has 4 N–H and O–H groups in total. The van der Waals surface area contributed by atoms with Gasteiger partial charge in [0.1, 0.15) is 16.3 Å². The van der Waals surface area contributed by atoms with Crippen molar-refractivity contribution in [2.24, 2.45) is 16.1 Å². The van der Waals surface area contributed by atoms with Crippen molar-refractivity contribution in [2.75, 3.05) is 7.11 Å². The van der Waals surface area contributed by atoms with Crippen molar-refractivity contribution in [1.82, 2.24) is 10.3 Å². The van der Waals surface area contributed by atoms with Crippen LogP contribution in [0.3, 0.4) is 0 Å². The topological polar surface area (TPSA) is 153 Å². The Balaban J connectivity index is 1.52. The maximum atomic E-state index is 13.6. The van der Waals surface area contributed by atoms with Crippen LogP contribution in [-0.2, 0) is 14.9 Å².